The number of nitrogens with one attached hydrogen (secondary N) is 1. The van der Waals surface area contributed by atoms with Crippen LogP contribution < -0.4 is 10.2 Å². The molecule has 2 heterocycles. The van der Waals surface area contributed by atoms with E-state index in [-0.39, 0.29) is 0 Å². The third kappa shape index (κ3) is 3.54. The maximum Gasteiger partial charge on any atom is 0.147 e. The van der Waals surface area contributed by atoms with Crippen LogP contribution in [0.1, 0.15) is 57.6 Å². The molecular weight excluding hydrogens is 260 g/mol. The van der Waals surface area contributed by atoms with E-state index in [4.69, 9.17) is 4.98 Å². The molecule has 2 unspecified atom stereocenters. The Labute approximate surface area is 128 Å². The Bertz CT molecular complexity index is 429. The minimum atomic E-state index is 0.714. The zero-order valence-corrected chi connectivity index (χ0v) is 13.2. The molecule has 4 heteroatoms. The minimum absolute atomic E-state index is 0.714. The fourth-order valence-corrected chi connectivity index (χ4v) is 3.89. The molecule has 1 N–H and O–H groups in total. The van der Waals surface area contributed by atoms with Crippen molar-refractivity contribution in [3.8, 4) is 0 Å². The van der Waals surface area contributed by atoms with E-state index in [2.05, 4.69) is 22.1 Å². The lowest BCUT2D eigenvalue weighted by Crippen LogP contribution is -2.47. The summed E-state index contributed by atoms with van der Waals surface area (Å²) in [6, 6.07) is 0.714. The Balaban J connectivity index is 1.65. The second-order valence-corrected chi connectivity index (χ2v) is 6.49. The highest BCUT2D eigenvalue weighted by atomic mass is 15.2. The van der Waals surface area contributed by atoms with E-state index in [1.165, 1.54) is 38.5 Å². The second kappa shape index (κ2) is 7.21. The fraction of sp³-hybridized carbons (Fsp3) is 0.765. The third-order valence-electron chi connectivity index (χ3n) is 4.96. The monoisotopic (exact) mass is 288 g/mol. The van der Waals surface area contributed by atoms with Gasteiger partial charge in [-0.3, -0.25) is 4.98 Å². The molecule has 21 heavy (non-hydrogen) atoms. The van der Waals surface area contributed by atoms with E-state index in [0.717, 1.165) is 43.5 Å². The second-order valence-electron chi connectivity index (χ2n) is 6.49. The Hall–Kier alpha value is -1.16. The first-order valence-electron chi connectivity index (χ1n) is 8.66. The minimum Gasteiger partial charge on any atom is -0.352 e. The van der Waals surface area contributed by atoms with Gasteiger partial charge in [0.25, 0.3) is 0 Å². The summed E-state index contributed by atoms with van der Waals surface area (Å²) in [5.41, 5.74) is 1.05. The fourth-order valence-electron chi connectivity index (χ4n) is 3.89. The lowest BCUT2D eigenvalue weighted by atomic mass is 9.78. The Morgan fingerprint density at radius 2 is 2.00 bits per heavy atom. The van der Waals surface area contributed by atoms with Crippen molar-refractivity contribution >= 4 is 5.82 Å². The number of rotatable bonds is 5. The summed E-state index contributed by atoms with van der Waals surface area (Å²) in [6.45, 7) is 5.20. The van der Waals surface area contributed by atoms with Gasteiger partial charge in [-0.1, -0.05) is 19.8 Å². The molecule has 0 radical (unpaired) electrons. The number of fused-ring (bicyclic) bond motifs is 1. The summed E-state index contributed by atoms with van der Waals surface area (Å²) < 4.78 is 0. The summed E-state index contributed by atoms with van der Waals surface area (Å²) in [5, 5.41) is 3.38. The van der Waals surface area contributed by atoms with Gasteiger partial charge >= 0.3 is 0 Å². The van der Waals surface area contributed by atoms with Crippen LogP contribution >= 0.6 is 0 Å². The lowest BCUT2D eigenvalue weighted by molar-refractivity contribution is 0.242. The Morgan fingerprint density at radius 3 is 2.81 bits per heavy atom. The molecule has 2 atom stereocenters. The third-order valence-corrected chi connectivity index (χ3v) is 4.96. The standard InChI is InChI=1S/C17H28N4/c1-2-9-18-11-15-12-20-17(13-19-15)21-10-5-7-14-6-3-4-8-16(14)21/h12-14,16,18H,2-11H2,1H3. The van der Waals surface area contributed by atoms with E-state index >= 15 is 0 Å². The molecule has 0 aromatic carbocycles. The molecule has 3 rings (SSSR count). The van der Waals surface area contributed by atoms with Crippen molar-refractivity contribution in [2.45, 2.75) is 64.5 Å². The number of nitrogens with zero attached hydrogens (tertiary/aromatic N) is 3. The molecular formula is C17H28N4. The lowest BCUT2D eigenvalue weighted by Gasteiger charge is -2.44. The van der Waals surface area contributed by atoms with Gasteiger partial charge in [0.05, 0.1) is 18.1 Å². The van der Waals surface area contributed by atoms with Crippen molar-refractivity contribution < 1.29 is 0 Å². The van der Waals surface area contributed by atoms with Crippen LogP contribution in [0.25, 0.3) is 0 Å². The molecule has 116 valence electrons. The number of piperidine rings is 1. The zero-order chi connectivity index (χ0) is 14.5. The number of aromatic nitrogens is 2. The average Bonchev–Trinajstić information content (AvgIpc) is 2.55. The SMILES string of the molecule is CCCNCc1cnc(N2CCCC3CCCCC32)cn1. The number of hydrogen-bond acceptors (Lipinski definition) is 4. The molecule has 1 aliphatic heterocycles. The van der Waals surface area contributed by atoms with Gasteiger partial charge in [0.1, 0.15) is 5.82 Å². The smallest absolute Gasteiger partial charge is 0.147 e. The van der Waals surface area contributed by atoms with Crippen molar-refractivity contribution in [2.75, 3.05) is 18.0 Å². The van der Waals surface area contributed by atoms with Gasteiger partial charge in [0.2, 0.25) is 0 Å². The van der Waals surface area contributed by atoms with Crippen molar-refractivity contribution in [1.29, 1.82) is 0 Å². The highest BCUT2D eigenvalue weighted by Crippen LogP contribution is 2.36. The van der Waals surface area contributed by atoms with E-state index in [0.29, 0.717) is 6.04 Å². The molecule has 2 fully saturated rings. The summed E-state index contributed by atoms with van der Waals surface area (Å²) in [6.07, 6.45) is 13.4. The van der Waals surface area contributed by atoms with Gasteiger partial charge in [-0.25, -0.2) is 4.98 Å². The van der Waals surface area contributed by atoms with Crippen LogP contribution in [0, 0.1) is 5.92 Å². The summed E-state index contributed by atoms with van der Waals surface area (Å²) >= 11 is 0. The van der Waals surface area contributed by atoms with Crippen LogP contribution in [0.15, 0.2) is 12.4 Å². The first-order valence-corrected chi connectivity index (χ1v) is 8.66. The maximum absolute atomic E-state index is 4.70. The highest BCUT2D eigenvalue weighted by molar-refractivity contribution is 5.38. The quantitative estimate of drug-likeness (QED) is 0.845. The molecule has 1 saturated heterocycles. The van der Waals surface area contributed by atoms with E-state index in [1.807, 2.05) is 12.4 Å². The summed E-state index contributed by atoms with van der Waals surface area (Å²) in [7, 11) is 0. The van der Waals surface area contributed by atoms with Gasteiger partial charge in [0.15, 0.2) is 0 Å². The molecule has 1 aromatic heterocycles. The van der Waals surface area contributed by atoms with Crippen LogP contribution in [0.3, 0.4) is 0 Å². The van der Waals surface area contributed by atoms with Gasteiger partial charge in [0, 0.05) is 19.1 Å². The molecule has 4 nitrogen and oxygen atoms in total. The van der Waals surface area contributed by atoms with Gasteiger partial charge in [-0.15, -0.1) is 0 Å². The van der Waals surface area contributed by atoms with Gasteiger partial charge in [-0.2, -0.15) is 0 Å². The molecule has 2 aliphatic rings. The largest absolute Gasteiger partial charge is 0.352 e. The van der Waals surface area contributed by atoms with Crippen molar-refractivity contribution in [2.24, 2.45) is 5.92 Å². The Morgan fingerprint density at radius 1 is 1.14 bits per heavy atom. The molecule has 0 amide bonds. The van der Waals surface area contributed by atoms with Crippen molar-refractivity contribution in [3.63, 3.8) is 0 Å². The number of anilines is 1. The summed E-state index contributed by atoms with van der Waals surface area (Å²) in [4.78, 5) is 11.8. The van der Waals surface area contributed by atoms with Crippen molar-refractivity contribution in [1.82, 2.24) is 15.3 Å². The molecule has 0 bridgehead atoms. The molecule has 1 aromatic rings. The first-order chi connectivity index (χ1) is 10.4. The molecule has 0 spiro atoms. The molecule has 1 saturated carbocycles. The molecule has 1 aliphatic carbocycles. The van der Waals surface area contributed by atoms with Gasteiger partial charge < -0.3 is 10.2 Å². The zero-order valence-electron chi connectivity index (χ0n) is 13.2. The topological polar surface area (TPSA) is 41.1 Å². The van der Waals surface area contributed by atoms with Crippen LogP contribution in [-0.4, -0.2) is 29.1 Å². The maximum atomic E-state index is 4.70. The van der Waals surface area contributed by atoms with Crippen LogP contribution in [0.4, 0.5) is 5.82 Å². The van der Waals surface area contributed by atoms with Crippen molar-refractivity contribution in [3.05, 3.63) is 18.1 Å². The normalized spacial score (nSPS) is 25.7. The van der Waals surface area contributed by atoms with E-state index in [9.17, 15) is 0 Å². The summed E-state index contributed by atoms with van der Waals surface area (Å²) in [5.74, 6) is 1.98. The predicted octanol–water partition coefficient (Wildman–Crippen LogP) is 3.14. The van der Waals surface area contributed by atoms with E-state index in [1.54, 1.807) is 0 Å². The number of hydrogen-bond donors (Lipinski definition) is 1. The highest BCUT2D eigenvalue weighted by Gasteiger charge is 2.33. The Kier molecular flexibility index (Phi) is 5.07. The van der Waals surface area contributed by atoms with Crippen LogP contribution in [0.2, 0.25) is 0 Å². The van der Waals surface area contributed by atoms with Crippen LogP contribution in [-0.2, 0) is 6.54 Å². The van der Waals surface area contributed by atoms with Crippen LogP contribution in [0.5, 0.6) is 0 Å². The first kappa shape index (κ1) is 14.8. The average molecular weight is 288 g/mol. The van der Waals surface area contributed by atoms with Gasteiger partial charge in [-0.05, 0) is 44.6 Å². The predicted molar refractivity (Wildman–Crippen MR) is 86.4 cm³/mol. The van der Waals surface area contributed by atoms with E-state index < -0.39 is 0 Å².